The maximum atomic E-state index is 11.9. The van der Waals surface area contributed by atoms with Crippen LogP contribution in [0.4, 0.5) is 0 Å². The molecule has 0 amide bonds. The number of fused-ring (bicyclic) bond motifs is 1. The highest BCUT2D eigenvalue weighted by atomic mass is 28.4. The van der Waals surface area contributed by atoms with Crippen LogP contribution in [0.25, 0.3) is 0 Å². The van der Waals surface area contributed by atoms with Gasteiger partial charge in [-0.3, -0.25) is 4.79 Å². The van der Waals surface area contributed by atoms with Crippen molar-refractivity contribution in [1.82, 2.24) is 0 Å². The van der Waals surface area contributed by atoms with E-state index in [-0.39, 0.29) is 22.3 Å². The molecule has 7 atom stereocenters. The standard InChI is InChI=1S/C39H70O3Si2/c1-28(36(42-44(13,14)38(7,8)9)26-30(3)41-43(11,12)37(4,5)6)17-15-18-32-19-16-24-39(10)34(22-23-35(32)39)29(2)25-31-20-21-33(40)27-31/h15,17-18,29-31,34-36H,1,16,19-27H2,2-14H3/b17-15+,32-18-. The number of carbonyl (C=O) groups excluding carboxylic acids is 1. The van der Waals surface area contributed by atoms with Crippen LogP contribution in [0, 0.1) is 29.1 Å². The van der Waals surface area contributed by atoms with Crippen LogP contribution >= 0.6 is 0 Å². The largest absolute Gasteiger partial charge is 0.414 e. The van der Waals surface area contributed by atoms with E-state index in [2.05, 4.69) is 113 Å². The molecule has 3 saturated carbocycles. The van der Waals surface area contributed by atoms with E-state index in [1.165, 1.54) is 38.5 Å². The minimum atomic E-state index is -2.00. The number of ketones is 1. The van der Waals surface area contributed by atoms with Crippen molar-refractivity contribution in [2.45, 2.75) is 175 Å². The Hall–Kier alpha value is -0.756. The van der Waals surface area contributed by atoms with Crippen LogP contribution in [0.5, 0.6) is 0 Å². The van der Waals surface area contributed by atoms with Gasteiger partial charge in [-0.1, -0.05) is 85.8 Å². The smallest absolute Gasteiger partial charge is 0.192 e. The minimum absolute atomic E-state index is 0.0406. The molecule has 3 nitrogen and oxygen atoms in total. The van der Waals surface area contributed by atoms with Crippen molar-refractivity contribution in [2.75, 3.05) is 0 Å². The molecule has 5 heteroatoms. The van der Waals surface area contributed by atoms with E-state index in [1.54, 1.807) is 5.57 Å². The average Bonchev–Trinajstić information content (AvgIpc) is 3.44. The van der Waals surface area contributed by atoms with E-state index >= 15 is 0 Å². The fourth-order valence-corrected chi connectivity index (χ4v) is 11.0. The van der Waals surface area contributed by atoms with Crippen molar-refractivity contribution >= 4 is 22.4 Å². The summed E-state index contributed by atoms with van der Waals surface area (Å²) < 4.78 is 13.8. The van der Waals surface area contributed by atoms with Crippen LogP contribution in [0.15, 0.2) is 36.0 Å². The summed E-state index contributed by atoms with van der Waals surface area (Å²) >= 11 is 0. The first-order valence-corrected chi connectivity index (χ1v) is 23.8. The molecule has 0 aliphatic heterocycles. The van der Waals surface area contributed by atoms with Gasteiger partial charge >= 0.3 is 0 Å². The summed E-state index contributed by atoms with van der Waals surface area (Å²) in [4.78, 5) is 11.9. The quantitative estimate of drug-likeness (QED) is 0.157. The molecule has 0 aromatic heterocycles. The SMILES string of the molecule is C=C(/C=C/C=C1/CCCC2(C)C1CCC2C(C)CC1CCC(=O)C1)C(CC(C)O[Si](C)(C)C(C)(C)C)O[Si](C)(C)C(C)(C)C. The maximum absolute atomic E-state index is 11.9. The molecule has 252 valence electrons. The number of hydrogen-bond acceptors (Lipinski definition) is 3. The van der Waals surface area contributed by atoms with Gasteiger partial charge in [-0.05, 0) is 123 Å². The van der Waals surface area contributed by atoms with Crippen LogP contribution in [0.3, 0.4) is 0 Å². The number of carbonyl (C=O) groups is 1. The second kappa shape index (κ2) is 14.2. The Kier molecular flexibility index (Phi) is 12.1. The van der Waals surface area contributed by atoms with Gasteiger partial charge in [-0.2, -0.15) is 0 Å². The van der Waals surface area contributed by atoms with E-state index in [1.807, 2.05) is 0 Å². The lowest BCUT2D eigenvalue weighted by Gasteiger charge is -2.44. The molecule has 7 unspecified atom stereocenters. The highest BCUT2D eigenvalue weighted by Crippen LogP contribution is 2.60. The number of rotatable bonds is 12. The van der Waals surface area contributed by atoms with Crippen LogP contribution in [-0.2, 0) is 13.6 Å². The first kappa shape index (κ1) is 37.7. The highest BCUT2D eigenvalue weighted by molar-refractivity contribution is 6.74. The van der Waals surface area contributed by atoms with Crippen molar-refractivity contribution in [3.05, 3.63) is 36.0 Å². The molecule has 3 aliphatic carbocycles. The molecule has 0 aromatic carbocycles. The topological polar surface area (TPSA) is 35.5 Å². The third-order valence-corrected chi connectivity index (χ3v) is 22.0. The summed E-state index contributed by atoms with van der Waals surface area (Å²) in [7, 11) is -3.88. The average molecular weight is 643 g/mol. The zero-order chi connectivity index (χ0) is 33.3. The summed E-state index contributed by atoms with van der Waals surface area (Å²) in [6, 6.07) is 0. The molecule has 3 aliphatic rings. The summed E-state index contributed by atoms with van der Waals surface area (Å²) in [5, 5.41) is 0.317. The lowest BCUT2D eigenvalue weighted by molar-refractivity contribution is -0.117. The third-order valence-electron chi connectivity index (χ3n) is 12.9. The Bertz CT molecular complexity index is 1070. The van der Waals surface area contributed by atoms with Crippen molar-refractivity contribution in [2.24, 2.45) is 29.1 Å². The number of hydrogen-bond donors (Lipinski definition) is 0. The predicted octanol–water partition coefficient (Wildman–Crippen LogP) is 11.8. The fourth-order valence-electron chi connectivity index (χ4n) is 8.24. The normalized spacial score (nSPS) is 30.2. The lowest BCUT2D eigenvalue weighted by Crippen LogP contribution is -2.47. The Morgan fingerprint density at radius 1 is 0.977 bits per heavy atom. The van der Waals surface area contributed by atoms with Gasteiger partial charge < -0.3 is 8.85 Å². The summed E-state index contributed by atoms with van der Waals surface area (Å²) in [5.41, 5.74) is 3.10. The molecule has 0 N–H and O–H groups in total. The Morgan fingerprint density at radius 3 is 2.16 bits per heavy atom. The molecule has 44 heavy (non-hydrogen) atoms. The summed E-state index contributed by atoms with van der Waals surface area (Å²) in [6.07, 6.45) is 18.4. The van der Waals surface area contributed by atoms with Gasteiger partial charge in [-0.15, -0.1) is 0 Å². The molecule has 0 heterocycles. The predicted molar refractivity (Wildman–Crippen MR) is 195 cm³/mol. The monoisotopic (exact) mass is 642 g/mol. The Balaban J connectivity index is 1.74. The Morgan fingerprint density at radius 2 is 1.59 bits per heavy atom. The molecular formula is C39H70O3Si2. The number of allylic oxidation sites excluding steroid dienone is 3. The van der Waals surface area contributed by atoms with E-state index in [0.29, 0.717) is 29.0 Å². The maximum Gasteiger partial charge on any atom is 0.192 e. The zero-order valence-electron chi connectivity index (χ0n) is 31.2. The van der Waals surface area contributed by atoms with Crippen LogP contribution < -0.4 is 0 Å². The second-order valence-corrected chi connectivity index (χ2v) is 27.9. The van der Waals surface area contributed by atoms with Crippen molar-refractivity contribution in [1.29, 1.82) is 0 Å². The van der Waals surface area contributed by atoms with Gasteiger partial charge in [0.25, 0.3) is 0 Å². The molecule has 0 saturated heterocycles. The molecule has 0 spiro atoms. The van der Waals surface area contributed by atoms with Gasteiger partial charge in [0, 0.05) is 25.4 Å². The van der Waals surface area contributed by atoms with Gasteiger partial charge in [0.1, 0.15) is 5.78 Å². The lowest BCUT2D eigenvalue weighted by atomic mass is 9.60. The molecule has 3 fully saturated rings. The minimum Gasteiger partial charge on any atom is -0.414 e. The van der Waals surface area contributed by atoms with Gasteiger partial charge in [0.15, 0.2) is 16.6 Å². The first-order chi connectivity index (χ1) is 20.1. The van der Waals surface area contributed by atoms with E-state index in [4.69, 9.17) is 8.85 Å². The summed E-state index contributed by atoms with van der Waals surface area (Å²) in [6.45, 7) is 35.2. The molecule has 0 radical (unpaired) electrons. The summed E-state index contributed by atoms with van der Waals surface area (Å²) in [5.74, 6) is 3.28. The fraction of sp³-hybridized carbons (Fsp3) is 0.821. The van der Waals surface area contributed by atoms with Gasteiger partial charge in [-0.25, -0.2) is 0 Å². The van der Waals surface area contributed by atoms with Crippen molar-refractivity contribution in [3.63, 3.8) is 0 Å². The third kappa shape index (κ3) is 8.98. The van der Waals surface area contributed by atoms with Gasteiger partial charge in [0.2, 0.25) is 0 Å². The molecule has 0 aromatic rings. The Labute approximate surface area is 275 Å². The van der Waals surface area contributed by atoms with Crippen LogP contribution in [0.1, 0.15) is 127 Å². The van der Waals surface area contributed by atoms with Crippen LogP contribution in [0.2, 0.25) is 36.3 Å². The zero-order valence-corrected chi connectivity index (χ0v) is 33.2. The second-order valence-electron chi connectivity index (χ2n) is 18.4. The van der Waals surface area contributed by atoms with Crippen molar-refractivity contribution < 1.29 is 13.6 Å². The van der Waals surface area contributed by atoms with Gasteiger partial charge in [0.05, 0.1) is 6.10 Å². The molecule has 0 bridgehead atoms. The molecule has 3 rings (SSSR count). The van der Waals surface area contributed by atoms with E-state index in [0.717, 1.165) is 37.2 Å². The highest BCUT2D eigenvalue weighted by Gasteiger charge is 2.51. The van der Waals surface area contributed by atoms with E-state index < -0.39 is 16.6 Å². The first-order valence-electron chi connectivity index (χ1n) is 18.0. The van der Waals surface area contributed by atoms with Crippen molar-refractivity contribution in [3.8, 4) is 0 Å². The van der Waals surface area contributed by atoms with Crippen LogP contribution in [-0.4, -0.2) is 34.6 Å². The molecular weight excluding hydrogens is 573 g/mol. The number of Topliss-reactive ketones (excluding diaryl/α,β-unsaturated/α-hetero) is 1. The van der Waals surface area contributed by atoms with E-state index in [9.17, 15) is 4.79 Å².